The average molecular weight is 281 g/mol. The van der Waals surface area contributed by atoms with Crippen LogP contribution in [0, 0.1) is 16.7 Å². The van der Waals surface area contributed by atoms with E-state index in [0.717, 1.165) is 39.0 Å². The number of hydrogen-bond donors (Lipinski definition) is 0. The van der Waals surface area contributed by atoms with Crippen LogP contribution in [0.5, 0.6) is 0 Å². The lowest BCUT2D eigenvalue weighted by Gasteiger charge is -2.41. The van der Waals surface area contributed by atoms with Crippen LogP contribution in [0.2, 0.25) is 0 Å². The number of nitrogens with zero attached hydrogens (tertiary/aromatic N) is 1. The fourth-order valence-corrected chi connectivity index (χ4v) is 3.34. The number of ether oxygens (including phenoxy) is 1. The zero-order valence-corrected chi connectivity index (χ0v) is 14.1. The van der Waals surface area contributed by atoms with E-state index in [9.17, 15) is 4.79 Å². The van der Waals surface area contributed by atoms with Gasteiger partial charge in [0.05, 0.1) is 12.2 Å². The van der Waals surface area contributed by atoms with E-state index in [0.29, 0.717) is 11.3 Å². The second kappa shape index (κ2) is 5.01. The van der Waals surface area contributed by atoms with E-state index in [4.69, 9.17) is 4.74 Å². The first-order valence-electron chi connectivity index (χ1n) is 7.97. The standard InChI is InChI=1S/C17H31NO2/c1-15(2,3)13-11-17(20-12-13)7-9-18(10-8-17)14(19)16(4,5)6/h13H,7-12H2,1-6H3. The lowest BCUT2D eigenvalue weighted by atomic mass is 9.75. The summed E-state index contributed by atoms with van der Waals surface area (Å²) in [5, 5.41) is 0. The van der Waals surface area contributed by atoms with E-state index in [1.807, 2.05) is 25.7 Å². The average Bonchev–Trinajstić information content (AvgIpc) is 2.72. The van der Waals surface area contributed by atoms with Gasteiger partial charge in [-0.2, -0.15) is 0 Å². The van der Waals surface area contributed by atoms with Crippen LogP contribution in [0.3, 0.4) is 0 Å². The van der Waals surface area contributed by atoms with Gasteiger partial charge in [0.2, 0.25) is 5.91 Å². The smallest absolute Gasteiger partial charge is 0.227 e. The zero-order chi connectivity index (χ0) is 15.2. The minimum absolute atomic E-state index is 0.0482. The minimum atomic E-state index is -0.269. The van der Waals surface area contributed by atoms with Crippen LogP contribution in [0.25, 0.3) is 0 Å². The number of piperidine rings is 1. The Kier molecular flexibility index (Phi) is 3.96. The van der Waals surface area contributed by atoms with Crippen molar-refractivity contribution < 1.29 is 9.53 Å². The Morgan fingerprint density at radius 2 is 1.65 bits per heavy atom. The predicted octanol–water partition coefficient (Wildman–Crippen LogP) is 3.48. The Balaban J connectivity index is 1.94. The maximum atomic E-state index is 12.3. The van der Waals surface area contributed by atoms with Crippen LogP contribution in [-0.2, 0) is 9.53 Å². The molecule has 116 valence electrons. The van der Waals surface area contributed by atoms with Gasteiger partial charge in [-0.1, -0.05) is 41.5 Å². The molecule has 2 rings (SSSR count). The number of carbonyl (C=O) groups excluding carboxylic acids is 1. The van der Waals surface area contributed by atoms with Gasteiger partial charge in [-0.05, 0) is 30.6 Å². The maximum absolute atomic E-state index is 12.3. The van der Waals surface area contributed by atoms with Gasteiger partial charge in [-0.3, -0.25) is 4.79 Å². The van der Waals surface area contributed by atoms with Crippen LogP contribution in [0.15, 0.2) is 0 Å². The highest BCUT2D eigenvalue weighted by molar-refractivity contribution is 5.81. The third-order valence-corrected chi connectivity index (χ3v) is 5.04. The van der Waals surface area contributed by atoms with Crippen molar-refractivity contribution in [2.24, 2.45) is 16.7 Å². The van der Waals surface area contributed by atoms with E-state index in [1.165, 1.54) is 0 Å². The Hall–Kier alpha value is -0.570. The summed E-state index contributed by atoms with van der Waals surface area (Å²) in [4.78, 5) is 14.4. The molecule has 0 aromatic carbocycles. The van der Waals surface area contributed by atoms with E-state index < -0.39 is 0 Å². The SMILES string of the molecule is CC(C)(C)C(=O)N1CCC2(CC1)CC(C(C)(C)C)CO2. The van der Waals surface area contributed by atoms with Crippen LogP contribution in [0.1, 0.15) is 60.8 Å². The van der Waals surface area contributed by atoms with Crippen molar-refractivity contribution in [1.29, 1.82) is 0 Å². The first-order valence-corrected chi connectivity index (χ1v) is 7.97. The molecule has 3 heteroatoms. The van der Waals surface area contributed by atoms with Gasteiger partial charge in [-0.25, -0.2) is 0 Å². The zero-order valence-electron chi connectivity index (χ0n) is 14.1. The van der Waals surface area contributed by atoms with E-state index in [-0.39, 0.29) is 16.9 Å². The molecule has 2 saturated heterocycles. The highest BCUT2D eigenvalue weighted by Crippen LogP contribution is 2.45. The summed E-state index contributed by atoms with van der Waals surface area (Å²) in [6, 6.07) is 0. The lowest BCUT2D eigenvalue weighted by Crippen LogP contribution is -2.49. The largest absolute Gasteiger partial charge is 0.375 e. The molecule has 0 aliphatic carbocycles. The Morgan fingerprint density at radius 3 is 2.05 bits per heavy atom. The van der Waals surface area contributed by atoms with Crippen molar-refractivity contribution in [3.05, 3.63) is 0 Å². The molecule has 0 N–H and O–H groups in total. The van der Waals surface area contributed by atoms with Crippen LogP contribution < -0.4 is 0 Å². The molecular formula is C17H31NO2. The Bertz CT molecular complexity index is 367. The van der Waals surface area contributed by atoms with Gasteiger partial charge >= 0.3 is 0 Å². The van der Waals surface area contributed by atoms with Crippen molar-refractivity contribution in [2.75, 3.05) is 19.7 Å². The van der Waals surface area contributed by atoms with Crippen molar-refractivity contribution >= 4 is 5.91 Å². The molecule has 0 radical (unpaired) electrons. The highest BCUT2D eigenvalue weighted by atomic mass is 16.5. The van der Waals surface area contributed by atoms with E-state index in [2.05, 4.69) is 20.8 Å². The summed E-state index contributed by atoms with van der Waals surface area (Å²) < 4.78 is 6.20. The number of carbonyl (C=O) groups is 1. The number of hydrogen-bond acceptors (Lipinski definition) is 2. The van der Waals surface area contributed by atoms with Crippen molar-refractivity contribution in [1.82, 2.24) is 4.90 Å². The molecule has 2 heterocycles. The fraction of sp³-hybridized carbons (Fsp3) is 0.941. The third-order valence-electron chi connectivity index (χ3n) is 5.04. The van der Waals surface area contributed by atoms with Crippen LogP contribution in [-0.4, -0.2) is 36.1 Å². The summed E-state index contributed by atoms with van der Waals surface area (Å²) in [5.74, 6) is 0.921. The monoisotopic (exact) mass is 281 g/mol. The molecule has 1 atom stereocenters. The van der Waals surface area contributed by atoms with Gasteiger partial charge < -0.3 is 9.64 Å². The second-order valence-corrected chi connectivity index (χ2v) is 8.80. The summed E-state index contributed by atoms with van der Waals surface area (Å²) in [7, 11) is 0. The molecular weight excluding hydrogens is 250 g/mol. The first kappa shape index (κ1) is 15.8. The van der Waals surface area contributed by atoms with E-state index >= 15 is 0 Å². The molecule has 2 aliphatic heterocycles. The van der Waals surface area contributed by atoms with Gasteiger partial charge in [0, 0.05) is 18.5 Å². The molecule has 0 aromatic rings. The topological polar surface area (TPSA) is 29.5 Å². The summed E-state index contributed by atoms with van der Waals surface area (Å²) in [6.45, 7) is 15.5. The van der Waals surface area contributed by atoms with Crippen molar-refractivity contribution in [3.8, 4) is 0 Å². The molecule has 1 amide bonds. The molecule has 2 aliphatic rings. The quantitative estimate of drug-likeness (QED) is 0.680. The van der Waals surface area contributed by atoms with Crippen LogP contribution in [0.4, 0.5) is 0 Å². The molecule has 0 aromatic heterocycles. The molecule has 2 fully saturated rings. The van der Waals surface area contributed by atoms with E-state index in [1.54, 1.807) is 0 Å². The summed E-state index contributed by atoms with van der Waals surface area (Å²) >= 11 is 0. The number of amides is 1. The third kappa shape index (κ3) is 3.19. The van der Waals surface area contributed by atoms with Crippen LogP contribution >= 0.6 is 0 Å². The highest BCUT2D eigenvalue weighted by Gasteiger charge is 2.46. The lowest BCUT2D eigenvalue weighted by molar-refractivity contribution is -0.144. The van der Waals surface area contributed by atoms with Gasteiger partial charge in [0.1, 0.15) is 0 Å². The minimum Gasteiger partial charge on any atom is -0.375 e. The summed E-state index contributed by atoms with van der Waals surface area (Å²) in [5.41, 5.74) is 0.101. The maximum Gasteiger partial charge on any atom is 0.227 e. The normalized spacial score (nSPS) is 27.1. The molecule has 0 saturated carbocycles. The predicted molar refractivity (Wildman–Crippen MR) is 81.5 cm³/mol. The van der Waals surface area contributed by atoms with Gasteiger partial charge in [-0.15, -0.1) is 0 Å². The molecule has 3 nitrogen and oxygen atoms in total. The fourth-order valence-electron chi connectivity index (χ4n) is 3.34. The molecule has 0 bridgehead atoms. The van der Waals surface area contributed by atoms with Gasteiger partial charge in [0.25, 0.3) is 0 Å². The van der Waals surface area contributed by atoms with Crippen molar-refractivity contribution in [2.45, 2.75) is 66.4 Å². The Morgan fingerprint density at radius 1 is 1.10 bits per heavy atom. The first-order chi connectivity index (χ1) is 9.04. The number of rotatable bonds is 0. The molecule has 1 spiro atoms. The molecule has 1 unspecified atom stereocenters. The summed E-state index contributed by atoms with van der Waals surface area (Å²) in [6.07, 6.45) is 3.16. The molecule has 20 heavy (non-hydrogen) atoms. The second-order valence-electron chi connectivity index (χ2n) is 8.80. The number of likely N-dealkylation sites (tertiary alicyclic amines) is 1. The van der Waals surface area contributed by atoms with Gasteiger partial charge in [0.15, 0.2) is 0 Å². The Labute approximate surface area is 124 Å². The van der Waals surface area contributed by atoms with Crippen molar-refractivity contribution in [3.63, 3.8) is 0 Å².